The maximum atomic E-state index is 13.3. The highest BCUT2D eigenvalue weighted by molar-refractivity contribution is 5.94. The van der Waals surface area contributed by atoms with Gasteiger partial charge in [-0.2, -0.15) is 0 Å². The predicted octanol–water partition coefficient (Wildman–Crippen LogP) is 3.39. The molecule has 0 spiro atoms. The van der Waals surface area contributed by atoms with Crippen molar-refractivity contribution in [3.63, 3.8) is 0 Å². The number of amides is 1. The summed E-state index contributed by atoms with van der Waals surface area (Å²) in [6, 6.07) is 11.5. The van der Waals surface area contributed by atoms with Gasteiger partial charge in [0.05, 0.1) is 12.7 Å². The molecule has 2 aromatic rings. The minimum absolute atomic E-state index is 0.00465. The molecule has 2 atom stereocenters. The summed E-state index contributed by atoms with van der Waals surface area (Å²) >= 11 is 0. The average Bonchev–Trinajstić information content (AvgIpc) is 2.89. The molecule has 8 nitrogen and oxygen atoms in total. The number of hydrogen-bond acceptors (Lipinski definition) is 7. The Morgan fingerprint density at radius 3 is 2.67 bits per heavy atom. The first-order valence-corrected chi connectivity index (χ1v) is 13.4. The molecular formula is C28H39N5O3. The second-order valence-corrected chi connectivity index (χ2v) is 10.5. The van der Waals surface area contributed by atoms with Gasteiger partial charge < -0.3 is 25.0 Å². The molecule has 1 aromatic carbocycles. The van der Waals surface area contributed by atoms with E-state index in [1.54, 1.807) is 7.11 Å². The number of carbonyl (C=O) groups is 1. The van der Waals surface area contributed by atoms with E-state index in [-0.39, 0.29) is 12.0 Å². The largest absolute Gasteiger partial charge is 0.379 e. The second-order valence-electron chi connectivity index (χ2n) is 10.5. The van der Waals surface area contributed by atoms with Crippen LogP contribution in [0.3, 0.4) is 0 Å². The molecule has 2 aliphatic heterocycles. The quantitative estimate of drug-likeness (QED) is 0.583. The summed E-state index contributed by atoms with van der Waals surface area (Å²) in [7, 11) is 1.75. The highest BCUT2D eigenvalue weighted by Crippen LogP contribution is 2.41. The molecule has 1 unspecified atom stereocenters. The van der Waals surface area contributed by atoms with E-state index in [1.807, 2.05) is 11.8 Å². The predicted molar refractivity (Wildman–Crippen MR) is 139 cm³/mol. The van der Waals surface area contributed by atoms with Crippen molar-refractivity contribution < 1.29 is 14.3 Å². The van der Waals surface area contributed by atoms with E-state index in [0.29, 0.717) is 36.2 Å². The number of benzene rings is 1. The van der Waals surface area contributed by atoms with Gasteiger partial charge in [-0.15, -0.1) is 0 Å². The van der Waals surface area contributed by atoms with Gasteiger partial charge in [-0.3, -0.25) is 4.79 Å². The van der Waals surface area contributed by atoms with Crippen LogP contribution >= 0.6 is 0 Å². The maximum Gasteiger partial charge on any atom is 0.272 e. The van der Waals surface area contributed by atoms with Crippen LogP contribution in [0.2, 0.25) is 0 Å². The monoisotopic (exact) mass is 493 g/mol. The molecule has 3 fully saturated rings. The third-order valence-corrected chi connectivity index (χ3v) is 8.19. The van der Waals surface area contributed by atoms with Crippen LogP contribution in [0.4, 0.5) is 5.82 Å². The Balaban J connectivity index is 1.11. The third kappa shape index (κ3) is 5.71. The summed E-state index contributed by atoms with van der Waals surface area (Å²) in [5.74, 6) is 2.07. The number of nitrogens with one attached hydrogen (secondary N) is 2. The fraction of sp³-hybridized carbons (Fsp3) is 0.607. The number of anilines is 1. The molecular weight excluding hydrogens is 454 g/mol. The van der Waals surface area contributed by atoms with E-state index >= 15 is 0 Å². The van der Waals surface area contributed by atoms with Gasteiger partial charge in [-0.25, -0.2) is 9.97 Å². The minimum Gasteiger partial charge on any atom is -0.379 e. The highest BCUT2D eigenvalue weighted by Gasteiger charge is 2.32. The lowest BCUT2D eigenvalue weighted by Gasteiger charge is -2.38. The van der Waals surface area contributed by atoms with Gasteiger partial charge in [0.15, 0.2) is 0 Å². The first-order valence-electron chi connectivity index (χ1n) is 13.4. The van der Waals surface area contributed by atoms with Crippen molar-refractivity contribution in [2.24, 2.45) is 5.92 Å². The zero-order valence-corrected chi connectivity index (χ0v) is 21.5. The summed E-state index contributed by atoms with van der Waals surface area (Å²) in [4.78, 5) is 24.1. The number of methoxy groups -OCH3 is 1. The van der Waals surface area contributed by atoms with Gasteiger partial charge in [0.2, 0.25) is 0 Å². The molecule has 2 N–H and O–H groups in total. The van der Waals surface area contributed by atoms with Crippen LogP contribution < -0.4 is 10.6 Å². The molecule has 5 rings (SSSR count). The van der Waals surface area contributed by atoms with Gasteiger partial charge in [0.1, 0.15) is 17.8 Å². The molecule has 2 saturated heterocycles. The van der Waals surface area contributed by atoms with Crippen LogP contribution in [-0.2, 0) is 9.47 Å². The lowest BCUT2D eigenvalue weighted by molar-refractivity contribution is -0.0533. The smallest absolute Gasteiger partial charge is 0.272 e. The van der Waals surface area contributed by atoms with Crippen molar-refractivity contribution >= 4 is 11.7 Å². The molecule has 1 aromatic heterocycles. The lowest BCUT2D eigenvalue weighted by Crippen LogP contribution is -2.54. The number of ether oxygens (including phenoxy) is 2. The molecule has 0 radical (unpaired) electrons. The molecule has 0 bridgehead atoms. The normalized spacial score (nSPS) is 26.9. The van der Waals surface area contributed by atoms with Crippen molar-refractivity contribution in [3.8, 4) is 0 Å². The Hall–Kier alpha value is -2.55. The zero-order chi connectivity index (χ0) is 24.9. The summed E-state index contributed by atoms with van der Waals surface area (Å²) in [5, 5.41) is 7.25. The molecule has 3 heterocycles. The second kappa shape index (κ2) is 11.7. The van der Waals surface area contributed by atoms with E-state index in [2.05, 4.69) is 50.9 Å². The van der Waals surface area contributed by atoms with Crippen LogP contribution in [0.15, 0.2) is 36.7 Å². The van der Waals surface area contributed by atoms with Gasteiger partial charge in [-0.1, -0.05) is 30.3 Å². The van der Waals surface area contributed by atoms with E-state index < -0.39 is 0 Å². The maximum absolute atomic E-state index is 13.3. The number of aromatic nitrogens is 2. The molecule has 1 aliphatic carbocycles. The molecule has 8 heteroatoms. The number of hydrogen-bond donors (Lipinski definition) is 2. The molecule has 1 amide bonds. The van der Waals surface area contributed by atoms with E-state index in [9.17, 15) is 4.79 Å². The van der Waals surface area contributed by atoms with Crippen molar-refractivity contribution in [2.75, 3.05) is 45.3 Å². The van der Waals surface area contributed by atoms with Crippen molar-refractivity contribution in [2.45, 2.75) is 63.1 Å². The average molecular weight is 494 g/mol. The number of nitrogens with zero attached hydrogens (tertiary/aromatic N) is 3. The Morgan fingerprint density at radius 2 is 1.92 bits per heavy atom. The Kier molecular flexibility index (Phi) is 8.14. The standard InChI is InChI=1S/C28H39N5O3/c1-19-26(28(34)33-11-8-23(9-12-33)32-24-10-13-36-17-25(24)35-2)30-18-31-27(19)29-16-20-14-22(15-20)21-6-4-3-5-7-21/h3-7,18,20,22-25,32H,8-17H2,1-2H3,(H,29,30,31)/t20?,22?,24?,25-/m0/s1. The molecule has 194 valence electrons. The zero-order valence-electron chi connectivity index (χ0n) is 21.5. The van der Waals surface area contributed by atoms with Crippen LogP contribution in [-0.4, -0.2) is 78.9 Å². The Bertz CT molecular complexity index is 1010. The van der Waals surface area contributed by atoms with Crippen LogP contribution in [0, 0.1) is 12.8 Å². The first kappa shape index (κ1) is 25.1. The first-order chi connectivity index (χ1) is 17.6. The van der Waals surface area contributed by atoms with Gasteiger partial charge >= 0.3 is 0 Å². The van der Waals surface area contributed by atoms with E-state index in [4.69, 9.17) is 9.47 Å². The Labute approximate surface area is 214 Å². The third-order valence-electron chi connectivity index (χ3n) is 8.19. The molecule has 3 aliphatic rings. The lowest BCUT2D eigenvalue weighted by atomic mass is 9.71. The molecule has 36 heavy (non-hydrogen) atoms. The minimum atomic E-state index is 0.00465. The van der Waals surface area contributed by atoms with Crippen molar-refractivity contribution in [3.05, 3.63) is 53.5 Å². The fourth-order valence-electron chi connectivity index (χ4n) is 5.82. The topological polar surface area (TPSA) is 88.6 Å². The number of piperidine rings is 1. The van der Waals surface area contributed by atoms with E-state index in [1.165, 1.54) is 24.7 Å². The van der Waals surface area contributed by atoms with Gasteiger partial charge in [0.25, 0.3) is 5.91 Å². The molecule has 1 saturated carbocycles. The van der Waals surface area contributed by atoms with Gasteiger partial charge in [0, 0.05) is 51.0 Å². The van der Waals surface area contributed by atoms with Crippen LogP contribution in [0.25, 0.3) is 0 Å². The van der Waals surface area contributed by atoms with E-state index in [0.717, 1.165) is 56.9 Å². The summed E-state index contributed by atoms with van der Waals surface area (Å²) in [6.07, 6.45) is 6.81. The Morgan fingerprint density at radius 1 is 1.14 bits per heavy atom. The van der Waals surface area contributed by atoms with Crippen LogP contribution in [0.5, 0.6) is 0 Å². The summed E-state index contributed by atoms with van der Waals surface area (Å²) in [5.41, 5.74) is 2.79. The van der Waals surface area contributed by atoms with Crippen molar-refractivity contribution in [1.82, 2.24) is 20.2 Å². The number of rotatable bonds is 8. The van der Waals surface area contributed by atoms with Crippen molar-refractivity contribution in [1.29, 1.82) is 0 Å². The fourth-order valence-corrected chi connectivity index (χ4v) is 5.82. The highest BCUT2D eigenvalue weighted by atomic mass is 16.5. The summed E-state index contributed by atoms with van der Waals surface area (Å²) < 4.78 is 11.1. The number of carbonyl (C=O) groups excluding carboxylic acids is 1. The SMILES string of the molecule is CO[C@H]1COCCC1NC1CCN(C(=O)c2ncnc(NCC3CC(c4ccccc4)C3)c2C)CC1. The summed E-state index contributed by atoms with van der Waals surface area (Å²) in [6.45, 7) is 5.70. The van der Waals surface area contributed by atoms with Crippen LogP contribution in [0.1, 0.15) is 59.6 Å². The number of likely N-dealkylation sites (tertiary alicyclic amines) is 1. The van der Waals surface area contributed by atoms with Gasteiger partial charge in [-0.05, 0) is 56.4 Å².